The molecule has 166 valence electrons. The zero-order chi connectivity index (χ0) is 21.9. The number of rotatable bonds is 5. The molecule has 1 saturated carbocycles. The van der Waals surface area contributed by atoms with Crippen LogP contribution in [0.2, 0.25) is 0 Å². The molecule has 1 unspecified atom stereocenters. The summed E-state index contributed by atoms with van der Waals surface area (Å²) in [5.41, 5.74) is -0.751. The minimum Gasteiger partial charge on any atom is -0.491 e. The van der Waals surface area contributed by atoms with Gasteiger partial charge < -0.3 is 14.7 Å². The van der Waals surface area contributed by atoms with Crippen molar-refractivity contribution in [3.63, 3.8) is 0 Å². The number of ether oxygens (including phenoxy) is 1. The van der Waals surface area contributed by atoms with Gasteiger partial charge in [-0.25, -0.2) is 8.78 Å². The van der Waals surface area contributed by atoms with Crippen molar-refractivity contribution < 1.29 is 23.4 Å². The summed E-state index contributed by atoms with van der Waals surface area (Å²) in [6.45, 7) is 1.13. The third kappa shape index (κ3) is 4.74. The number of carbonyl (C=O) groups is 1. The first kappa shape index (κ1) is 21.8. The molecule has 0 radical (unpaired) electrons. The van der Waals surface area contributed by atoms with E-state index in [1.54, 1.807) is 12.1 Å². The second-order valence-electron chi connectivity index (χ2n) is 8.91. The number of hydrogen-bond donors (Lipinski definition) is 1. The van der Waals surface area contributed by atoms with Gasteiger partial charge in [-0.2, -0.15) is 0 Å². The fourth-order valence-electron chi connectivity index (χ4n) is 4.95. The lowest BCUT2D eigenvalue weighted by molar-refractivity contribution is -0.137. The predicted octanol–water partition coefficient (Wildman–Crippen LogP) is 4.60. The van der Waals surface area contributed by atoms with Gasteiger partial charge >= 0.3 is 0 Å². The van der Waals surface area contributed by atoms with Crippen LogP contribution < -0.4 is 4.74 Å². The Morgan fingerprint density at radius 2 is 1.48 bits per heavy atom. The Bertz CT molecular complexity index is 894. The lowest BCUT2D eigenvalue weighted by atomic mass is 9.77. The molecular weight excluding hydrogens is 400 g/mol. The Balaban J connectivity index is 1.44. The van der Waals surface area contributed by atoms with Crippen LogP contribution in [0, 0.1) is 11.6 Å². The van der Waals surface area contributed by atoms with Gasteiger partial charge in [0.25, 0.3) is 0 Å². The highest BCUT2D eigenvalue weighted by Crippen LogP contribution is 2.43. The predicted molar refractivity (Wildman–Crippen MR) is 114 cm³/mol. The molecule has 1 atom stereocenters. The van der Waals surface area contributed by atoms with Gasteiger partial charge in [-0.05, 0) is 74.1 Å². The van der Waals surface area contributed by atoms with Crippen LogP contribution in [0.4, 0.5) is 8.78 Å². The summed E-state index contributed by atoms with van der Waals surface area (Å²) in [5, 5.41) is 11.1. The van der Waals surface area contributed by atoms with Crippen molar-refractivity contribution in [2.24, 2.45) is 0 Å². The summed E-state index contributed by atoms with van der Waals surface area (Å²) in [6.07, 6.45) is 5.12. The minimum atomic E-state index is -1.04. The SMILES string of the molecule is O=C(N1CCCC(O)(COc2ccc(F)cc2)CC1)C1(c2ccc(F)cc2)CCCC1. The molecule has 2 fully saturated rings. The molecule has 1 aliphatic carbocycles. The van der Waals surface area contributed by atoms with Crippen LogP contribution in [0.3, 0.4) is 0 Å². The van der Waals surface area contributed by atoms with Crippen LogP contribution in [0.25, 0.3) is 0 Å². The summed E-state index contributed by atoms with van der Waals surface area (Å²) in [6, 6.07) is 12.1. The van der Waals surface area contributed by atoms with Crippen molar-refractivity contribution in [2.75, 3.05) is 19.7 Å². The molecule has 1 heterocycles. The fourth-order valence-corrected chi connectivity index (χ4v) is 4.95. The van der Waals surface area contributed by atoms with E-state index in [2.05, 4.69) is 0 Å². The van der Waals surface area contributed by atoms with Crippen LogP contribution in [0.5, 0.6) is 5.75 Å². The average molecular weight is 430 g/mol. The Labute approximate surface area is 181 Å². The van der Waals surface area contributed by atoms with Gasteiger partial charge in [0.2, 0.25) is 5.91 Å². The van der Waals surface area contributed by atoms with Crippen molar-refractivity contribution in [3.05, 3.63) is 65.7 Å². The highest BCUT2D eigenvalue weighted by molar-refractivity contribution is 5.88. The average Bonchev–Trinajstić information content (AvgIpc) is 3.19. The molecule has 1 aliphatic heterocycles. The van der Waals surface area contributed by atoms with E-state index in [0.29, 0.717) is 38.1 Å². The van der Waals surface area contributed by atoms with Crippen LogP contribution in [0.1, 0.15) is 50.5 Å². The van der Waals surface area contributed by atoms with E-state index in [9.17, 15) is 18.7 Å². The van der Waals surface area contributed by atoms with Crippen LogP contribution in [-0.2, 0) is 10.2 Å². The quantitative estimate of drug-likeness (QED) is 0.756. The highest BCUT2D eigenvalue weighted by atomic mass is 19.1. The molecule has 2 aromatic carbocycles. The number of carbonyl (C=O) groups excluding carboxylic acids is 1. The van der Waals surface area contributed by atoms with Gasteiger partial charge in [0.15, 0.2) is 0 Å². The molecule has 4 rings (SSSR count). The molecule has 0 aromatic heterocycles. The number of halogens is 2. The lowest BCUT2D eigenvalue weighted by Gasteiger charge is -2.35. The van der Waals surface area contributed by atoms with Crippen molar-refractivity contribution in [3.8, 4) is 5.75 Å². The van der Waals surface area contributed by atoms with Crippen LogP contribution in [-0.4, -0.2) is 41.2 Å². The first-order valence-corrected chi connectivity index (χ1v) is 11.1. The van der Waals surface area contributed by atoms with E-state index in [0.717, 1.165) is 31.2 Å². The zero-order valence-corrected chi connectivity index (χ0v) is 17.7. The molecule has 0 bridgehead atoms. The molecule has 0 spiro atoms. The third-order valence-electron chi connectivity index (χ3n) is 6.79. The second kappa shape index (κ2) is 8.95. The second-order valence-corrected chi connectivity index (χ2v) is 8.91. The highest BCUT2D eigenvalue weighted by Gasteiger charge is 2.46. The molecule has 2 aromatic rings. The van der Waals surface area contributed by atoms with E-state index in [1.807, 2.05) is 4.90 Å². The van der Waals surface area contributed by atoms with Crippen molar-refractivity contribution >= 4 is 5.91 Å². The van der Waals surface area contributed by atoms with Gasteiger partial charge in [0, 0.05) is 13.1 Å². The number of aliphatic hydroxyl groups is 1. The van der Waals surface area contributed by atoms with E-state index in [4.69, 9.17) is 4.74 Å². The summed E-state index contributed by atoms with van der Waals surface area (Å²) in [5.74, 6) is -0.0458. The van der Waals surface area contributed by atoms with Crippen LogP contribution in [0.15, 0.2) is 48.5 Å². The lowest BCUT2D eigenvalue weighted by Crippen LogP contribution is -2.46. The number of likely N-dealkylation sites (tertiary alicyclic amines) is 1. The summed E-state index contributed by atoms with van der Waals surface area (Å²) >= 11 is 0. The van der Waals surface area contributed by atoms with Gasteiger partial charge in [-0.15, -0.1) is 0 Å². The minimum absolute atomic E-state index is 0.0836. The topological polar surface area (TPSA) is 49.8 Å². The fraction of sp³-hybridized carbons (Fsp3) is 0.480. The third-order valence-corrected chi connectivity index (χ3v) is 6.79. The molecule has 4 nitrogen and oxygen atoms in total. The monoisotopic (exact) mass is 429 g/mol. The maximum absolute atomic E-state index is 13.7. The molecule has 31 heavy (non-hydrogen) atoms. The molecule has 1 N–H and O–H groups in total. The normalized spacial score (nSPS) is 23.4. The maximum atomic E-state index is 13.7. The van der Waals surface area contributed by atoms with E-state index in [1.165, 1.54) is 36.4 Å². The largest absolute Gasteiger partial charge is 0.491 e. The van der Waals surface area contributed by atoms with Crippen molar-refractivity contribution in [2.45, 2.75) is 56.0 Å². The van der Waals surface area contributed by atoms with E-state index >= 15 is 0 Å². The van der Waals surface area contributed by atoms with Crippen molar-refractivity contribution in [1.29, 1.82) is 0 Å². The number of benzene rings is 2. The summed E-state index contributed by atoms with van der Waals surface area (Å²) < 4.78 is 32.2. The number of amides is 1. The van der Waals surface area contributed by atoms with E-state index < -0.39 is 11.0 Å². The summed E-state index contributed by atoms with van der Waals surface area (Å²) in [7, 11) is 0. The van der Waals surface area contributed by atoms with Gasteiger partial charge in [0.05, 0.1) is 5.41 Å². The molecule has 1 amide bonds. The number of nitrogens with zero attached hydrogens (tertiary/aromatic N) is 1. The Hall–Kier alpha value is -2.47. The molecule has 1 saturated heterocycles. The van der Waals surface area contributed by atoms with Crippen molar-refractivity contribution in [1.82, 2.24) is 4.90 Å². The van der Waals surface area contributed by atoms with E-state index in [-0.39, 0.29) is 24.1 Å². The first-order chi connectivity index (χ1) is 14.9. The van der Waals surface area contributed by atoms with Gasteiger partial charge in [-0.3, -0.25) is 4.79 Å². The molecular formula is C25H29F2NO3. The Morgan fingerprint density at radius 1 is 0.871 bits per heavy atom. The molecule has 6 heteroatoms. The maximum Gasteiger partial charge on any atom is 0.233 e. The molecule has 2 aliphatic rings. The summed E-state index contributed by atoms with van der Waals surface area (Å²) in [4.78, 5) is 15.5. The Morgan fingerprint density at radius 3 is 2.13 bits per heavy atom. The standard InChI is InChI=1S/C25H29F2NO3/c26-20-6-4-19(5-7-20)25(13-1-2-14-25)23(29)28-16-3-12-24(30,15-17-28)18-31-22-10-8-21(27)9-11-22/h4-11,30H,1-3,12-18H2. The number of hydrogen-bond acceptors (Lipinski definition) is 3. The zero-order valence-electron chi connectivity index (χ0n) is 17.7. The van der Waals surface area contributed by atoms with Gasteiger partial charge in [-0.1, -0.05) is 25.0 Å². The van der Waals surface area contributed by atoms with Crippen LogP contribution >= 0.6 is 0 Å². The first-order valence-electron chi connectivity index (χ1n) is 11.1. The van der Waals surface area contributed by atoms with Gasteiger partial charge in [0.1, 0.15) is 29.6 Å². The smallest absolute Gasteiger partial charge is 0.233 e. The Kier molecular flexibility index (Phi) is 6.28.